The molecule has 4 heteroatoms. The van der Waals surface area contributed by atoms with E-state index < -0.39 is 0 Å². The Labute approximate surface area is 161 Å². The Morgan fingerprint density at radius 2 is 1.74 bits per heavy atom. The fourth-order valence-corrected chi connectivity index (χ4v) is 4.50. The molecule has 142 valence electrons. The maximum absolute atomic E-state index is 5.61. The van der Waals surface area contributed by atoms with Gasteiger partial charge in [0.05, 0.1) is 26.0 Å². The Morgan fingerprint density at radius 1 is 1.00 bits per heavy atom. The van der Waals surface area contributed by atoms with Crippen molar-refractivity contribution in [1.29, 1.82) is 0 Å². The Morgan fingerprint density at radius 3 is 2.44 bits per heavy atom. The maximum Gasteiger partial charge on any atom is 0.161 e. The van der Waals surface area contributed by atoms with E-state index in [1.54, 1.807) is 14.2 Å². The molecule has 2 aromatic carbocycles. The van der Waals surface area contributed by atoms with Crippen molar-refractivity contribution in [3.63, 3.8) is 0 Å². The minimum atomic E-state index is 0.322. The standard InChI is InChI=1S/C23H28N2O2/c1-14-6-7-16(15(2)10-14)23-18-12-22(27-5)21(26-4)11-17(18)19-13-25(3)9-8-20(19)24-23/h6-7,10-12,19-20H,8-9,13H2,1-5H3/t19-,20-/m1/s1. The molecule has 2 aliphatic heterocycles. The van der Waals surface area contributed by atoms with Crippen molar-refractivity contribution in [2.45, 2.75) is 32.2 Å². The molecule has 0 radical (unpaired) electrons. The predicted octanol–water partition coefficient (Wildman–Crippen LogP) is 3.96. The van der Waals surface area contributed by atoms with Crippen LogP contribution >= 0.6 is 0 Å². The molecule has 0 aromatic heterocycles. The van der Waals surface area contributed by atoms with Crippen LogP contribution in [0.15, 0.2) is 35.3 Å². The molecule has 1 saturated heterocycles. The van der Waals surface area contributed by atoms with Gasteiger partial charge in [-0.15, -0.1) is 0 Å². The normalized spacial score (nSPS) is 21.9. The lowest BCUT2D eigenvalue weighted by Crippen LogP contribution is -2.42. The molecule has 0 N–H and O–H groups in total. The van der Waals surface area contributed by atoms with Crippen LogP contribution in [0.3, 0.4) is 0 Å². The molecule has 0 amide bonds. The number of aryl methyl sites for hydroxylation is 2. The van der Waals surface area contributed by atoms with Crippen molar-refractivity contribution in [3.8, 4) is 11.5 Å². The summed E-state index contributed by atoms with van der Waals surface area (Å²) in [7, 11) is 5.59. The summed E-state index contributed by atoms with van der Waals surface area (Å²) in [6.07, 6.45) is 1.09. The number of likely N-dealkylation sites (tertiary alicyclic amines) is 1. The Balaban J connectivity index is 1.93. The van der Waals surface area contributed by atoms with Gasteiger partial charge in [-0.2, -0.15) is 0 Å². The predicted molar refractivity (Wildman–Crippen MR) is 110 cm³/mol. The molecule has 1 fully saturated rings. The SMILES string of the molecule is COc1cc2c(cc1OC)[C@H]1CN(C)CC[C@H]1N=C2c1ccc(C)cc1C. The first kappa shape index (κ1) is 18.1. The van der Waals surface area contributed by atoms with E-state index >= 15 is 0 Å². The number of fused-ring (bicyclic) bond motifs is 3. The molecule has 27 heavy (non-hydrogen) atoms. The van der Waals surface area contributed by atoms with Crippen LogP contribution in [0.2, 0.25) is 0 Å². The summed E-state index contributed by atoms with van der Waals surface area (Å²) >= 11 is 0. The second-order valence-electron chi connectivity index (χ2n) is 7.82. The fraction of sp³-hybridized carbons (Fsp3) is 0.435. The molecular weight excluding hydrogens is 336 g/mol. The number of benzene rings is 2. The van der Waals surface area contributed by atoms with Gasteiger partial charge < -0.3 is 14.4 Å². The van der Waals surface area contributed by atoms with Crippen LogP contribution < -0.4 is 9.47 Å². The van der Waals surface area contributed by atoms with Gasteiger partial charge in [-0.25, -0.2) is 0 Å². The average molecular weight is 364 g/mol. The highest BCUT2D eigenvalue weighted by atomic mass is 16.5. The third kappa shape index (κ3) is 3.12. The summed E-state index contributed by atoms with van der Waals surface area (Å²) in [6, 6.07) is 11.2. The summed E-state index contributed by atoms with van der Waals surface area (Å²) in [4.78, 5) is 7.67. The van der Waals surface area contributed by atoms with Gasteiger partial charge in [0.1, 0.15) is 0 Å². The molecule has 4 rings (SSSR count). The van der Waals surface area contributed by atoms with Crippen molar-refractivity contribution in [1.82, 2.24) is 4.90 Å². The van der Waals surface area contributed by atoms with E-state index in [0.717, 1.165) is 36.7 Å². The second-order valence-corrected chi connectivity index (χ2v) is 7.82. The number of aliphatic imine (C=N–C) groups is 1. The molecule has 0 spiro atoms. The van der Waals surface area contributed by atoms with E-state index in [9.17, 15) is 0 Å². The number of hydrogen-bond donors (Lipinski definition) is 0. The molecule has 0 bridgehead atoms. The number of hydrogen-bond acceptors (Lipinski definition) is 4. The number of likely N-dealkylation sites (N-methyl/N-ethyl adjacent to an activating group) is 1. The quantitative estimate of drug-likeness (QED) is 0.827. The van der Waals surface area contributed by atoms with Gasteiger partial charge >= 0.3 is 0 Å². The molecule has 0 aliphatic carbocycles. The highest BCUT2D eigenvalue weighted by Gasteiger charge is 2.36. The average Bonchev–Trinajstić information content (AvgIpc) is 2.66. The summed E-state index contributed by atoms with van der Waals surface area (Å²) in [5.74, 6) is 1.95. The van der Waals surface area contributed by atoms with Gasteiger partial charge in [0, 0.05) is 23.6 Å². The maximum atomic E-state index is 5.61. The highest BCUT2D eigenvalue weighted by molar-refractivity contribution is 6.15. The fourth-order valence-electron chi connectivity index (χ4n) is 4.50. The van der Waals surface area contributed by atoms with Crippen LogP contribution in [0.4, 0.5) is 0 Å². The van der Waals surface area contributed by atoms with Gasteiger partial charge in [0.15, 0.2) is 11.5 Å². The lowest BCUT2D eigenvalue weighted by molar-refractivity contribution is 0.227. The molecule has 0 saturated carbocycles. The van der Waals surface area contributed by atoms with Crippen molar-refractivity contribution in [3.05, 3.63) is 58.1 Å². The molecular formula is C23H28N2O2. The first-order valence-electron chi connectivity index (χ1n) is 9.62. The monoisotopic (exact) mass is 364 g/mol. The molecule has 0 unspecified atom stereocenters. The van der Waals surface area contributed by atoms with Crippen molar-refractivity contribution in [2.24, 2.45) is 4.99 Å². The largest absolute Gasteiger partial charge is 0.493 e. The lowest BCUT2D eigenvalue weighted by atomic mass is 9.78. The number of methoxy groups -OCH3 is 2. The van der Waals surface area contributed by atoms with Crippen molar-refractivity contribution >= 4 is 5.71 Å². The van der Waals surface area contributed by atoms with Crippen LogP contribution in [0, 0.1) is 13.8 Å². The van der Waals surface area contributed by atoms with Gasteiger partial charge in [-0.3, -0.25) is 4.99 Å². The number of rotatable bonds is 3. The Kier molecular flexibility index (Phi) is 4.68. The van der Waals surface area contributed by atoms with E-state index in [2.05, 4.69) is 56.1 Å². The Hall–Kier alpha value is -2.33. The Bertz CT molecular complexity index is 903. The summed E-state index contributed by atoms with van der Waals surface area (Å²) in [5, 5.41) is 0. The summed E-state index contributed by atoms with van der Waals surface area (Å²) < 4.78 is 11.2. The van der Waals surface area contributed by atoms with Gasteiger partial charge in [-0.05, 0) is 57.1 Å². The zero-order valence-corrected chi connectivity index (χ0v) is 16.9. The van der Waals surface area contributed by atoms with Crippen molar-refractivity contribution in [2.75, 3.05) is 34.4 Å². The van der Waals surface area contributed by atoms with E-state index in [1.807, 2.05) is 0 Å². The summed E-state index contributed by atoms with van der Waals surface area (Å²) in [5.41, 5.74) is 7.35. The van der Waals surface area contributed by atoms with Crippen molar-refractivity contribution < 1.29 is 9.47 Å². The first-order valence-corrected chi connectivity index (χ1v) is 9.62. The first-order chi connectivity index (χ1) is 13.0. The van der Waals surface area contributed by atoms with Gasteiger partial charge in [-0.1, -0.05) is 23.8 Å². The van der Waals surface area contributed by atoms with Crippen LogP contribution in [0.1, 0.15) is 40.2 Å². The third-order valence-corrected chi connectivity index (χ3v) is 5.92. The van der Waals surface area contributed by atoms with E-state index in [1.165, 1.54) is 27.8 Å². The molecule has 2 atom stereocenters. The number of piperidine rings is 1. The summed E-state index contributed by atoms with van der Waals surface area (Å²) in [6.45, 7) is 6.42. The zero-order chi connectivity index (χ0) is 19.1. The lowest BCUT2D eigenvalue weighted by Gasteiger charge is -2.39. The molecule has 2 aliphatic rings. The number of ether oxygens (including phenoxy) is 2. The third-order valence-electron chi connectivity index (χ3n) is 5.92. The minimum absolute atomic E-state index is 0.322. The van der Waals surface area contributed by atoms with E-state index in [4.69, 9.17) is 14.5 Å². The molecule has 2 aromatic rings. The van der Waals surface area contributed by atoms with Gasteiger partial charge in [0.2, 0.25) is 0 Å². The molecule has 2 heterocycles. The number of nitrogens with zero attached hydrogens (tertiary/aromatic N) is 2. The van der Waals surface area contributed by atoms with Crippen LogP contribution in [0.5, 0.6) is 11.5 Å². The van der Waals surface area contributed by atoms with Crippen LogP contribution in [0.25, 0.3) is 0 Å². The molecule has 4 nitrogen and oxygen atoms in total. The van der Waals surface area contributed by atoms with E-state index in [0.29, 0.717) is 12.0 Å². The zero-order valence-electron chi connectivity index (χ0n) is 16.9. The smallest absolute Gasteiger partial charge is 0.161 e. The van der Waals surface area contributed by atoms with Crippen LogP contribution in [-0.2, 0) is 0 Å². The van der Waals surface area contributed by atoms with Gasteiger partial charge in [0.25, 0.3) is 0 Å². The van der Waals surface area contributed by atoms with E-state index in [-0.39, 0.29) is 0 Å². The topological polar surface area (TPSA) is 34.1 Å². The second kappa shape index (κ2) is 7.01. The minimum Gasteiger partial charge on any atom is -0.493 e. The highest BCUT2D eigenvalue weighted by Crippen LogP contribution is 2.42. The van der Waals surface area contributed by atoms with Crippen LogP contribution in [-0.4, -0.2) is 51.0 Å².